The van der Waals surface area contributed by atoms with Crippen molar-refractivity contribution >= 4 is 11.8 Å². The Balaban J connectivity index is 2.12. The van der Waals surface area contributed by atoms with E-state index in [1.54, 1.807) is 11.8 Å². The van der Waals surface area contributed by atoms with E-state index in [2.05, 4.69) is 74.5 Å². The SMILES string of the molecule is Cc1ccc(Sc2c(C(C)C)c(CO)c(C)n2Cc2ccncc2)cc1C. The molecule has 0 spiro atoms. The molecular weight excluding hydrogens is 352 g/mol. The Hall–Kier alpha value is -2.04. The van der Waals surface area contributed by atoms with E-state index in [4.69, 9.17) is 0 Å². The van der Waals surface area contributed by atoms with E-state index in [-0.39, 0.29) is 6.61 Å². The lowest BCUT2D eigenvalue weighted by molar-refractivity contribution is 0.279. The number of benzene rings is 1. The Kier molecular flexibility index (Phi) is 6.08. The Labute approximate surface area is 166 Å². The van der Waals surface area contributed by atoms with Gasteiger partial charge in [0.15, 0.2) is 0 Å². The van der Waals surface area contributed by atoms with Crippen LogP contribution < -0.4 is 0 Å². The van der Waals surface area contributed by atoms with E-state index in [1.807, 2.05) is 12.4 Å². The van der Waals surface area contributed by atoms with Crippen LogP contribution in [-0.2, 0) is 13.2 Å². The zero-order valence-electron chi connectivity index (χ0n) is 16.8. The fraction of sp³-hybridized carbons (Fsp3) is 0.348. The van der Waals surface area contributed by atoms with Gasteiger partial charge in [-0.1, -0.05) is 31.7 Å². The van der Waals surface area contributed by atoms with Gasteiger partial charge in [0.1, 0.15) is 0 Å². The van der Waals surface area contributed by atoms with Gasteiger partial charge >= 0.3 is 0 Å². The predicted octanol–water partition coefficient (Wildman–Crippen LogP) is 5.62. The first-order chi connectivity index (χ1) is 12.9. The number of aromatic nitrogens is 2. The Morgan fingerprint density at radius 3 is 2.33 bits per heavy atom. The first-order valence-corrected chi connectivity index (χ1v) is 10.2. The molecule has 4 heteroatoms. The van der Waals surface area contributed by atoms with E-state index >= 15 is 0 Å². The van der Waals surface area contributed by atoms with Crippen molar-refractivity contribution in [1.29, 1.82) is 0 Å². The number of rotatable bonds is 6. The largest absolute Gasteiger partial charge is 0.392 e. The van der Waals surface area contributed by atoms with Gasteiger partial charge in [-0.05, 0) is 73.2 Å². The summed E-state index contributed by atoms with van der Waals surface area (Å²) < 4.78 is 2.34. The molecule has 0 aliphatic carbocycles. The molecule has 3 nitrogen and oxygen atoms in total. The van der Waals surface area contributed by atoms with E-state index in [1.165, 1.54) is 32.2 Å². The number of aliphatic hydroxyl groups is 1. The van der Waals surface area contributed by atoms with E-state index in [9.17, 15) is 5.11 Å². The average Bonchev–Trinajstić information content (AvgIpc) is 2.91. The van der Waals surface area contributed by atoms with Gasteiger partial charge in [0.2, 0.25) is 0 Å². The molecule has 0 fully saturated rings. The van der Waals surface area contributed by atoms with E-state index in [0.717, 1.165) is 17.8 Å². The number of aryl methyl sites for hydroxylation is 2. The van der Waals surface area contributed by atoms with E-state index < -0.39 is 0 Å². The van der Waals surface area contributed by atoms with E-state index in [0.29, 0.717) is 5.92 Å². The molecule has 2 aromatic heterocycles. The number of nitrogens with zero attached hydrogens (tertiary/aromatic N) is 2. The van der Waals surface area contributed by atoms with Crippen LogP contribution in [0.15, 0.2) is 52.6 Å². The smallest absolute Gasteiger partial charge is 0.0840 e. The van der Waals surface area contributed by atoms with Crippen LogP contribution in [0.5, 0.6) is 0 Å². The van der Waals surface area contributed by atoms with Crippen LogP contribution in [0.2, 0.25) is 0 Å². The fourth-order valence-electron chi connectivity index (χ4n) is 3.44. The second-order valence-electron chi connectivity index (χ2n) is 7.39. The second-order valence-corrected chi connectivity index (χ2v) is 8.45. The minimum atomic E-state index is 0.0726. The minimum Gasteiger partial charge on any atom is -0.392 e. The van der Waals surface area contributed by atoms with Crippen molar-refractivity contribution in [2.24, 2.45) is 0 Å². The highest BCUT2D eigenvalue weighted by Crippen LogP contribution is 2.40. The third-order valence-corrected chi connectivity index (χ3v) is 6.28. The summed E-state index contributed by atoms with van der Waals surface area (Å²) in [5.41, 5.74) is 7.28. The second kappa shape index (κ2) is 8.32. The number of hydrogen-bond donors (Lipinski definition) is 1. The molecule has 0 aliphatic rings. The summed E-state index contributed by atoms with van der Waals surface area (Å²) in [5.74, 6) is 0.346. The molecule has 0 bridgehead atoms. The maximum absolute atomic E-state index is 10.1. The van der Waals surface area contributed by atoms with Crippen molar-refractivity contribution in [3.05, 3.63) is 76.2 Å². The molecule has 0 atom stereocenters. The molecule has 27 heavy (non-hydrogen) atoms. The van der Waals surface area contributed by atoms with Gasteiger partial charge in [-0.15, -0.1) is 0 Å². The van der Waals surface area contributed by atoms with Crippen LogP contribution in [0.25, 0.3) is 0 Å². The highest BCUT2D eigenvalue weighted by atomic mass is 32.2. The standard InChI is InChI=1S/C23H28N2OS/c1-15(2)22-21(14-26)18(5)25(13-19-8-10-24-11-9-19)23(22)27-20-7-6-16(3)17(4)12-20/h6-12,15,26H,13-14H2,1-5H3. The Morgan fingerprint density at radius 2 is 1.74 bits per heavy atom. The first-order valence-electron chi connectivity index (χ1n) is 9.39. The molecule has 3 rings (SSSR count). The van der Waals surface area contributed by atoms with Gasteiger partial charge in [0.25, 0.3) is 0 Å². The lowest BCUT2D eigenvalue weighted by atomic mass is 10.0. The van der Waals surface area contributed by atoms with Crippen molar-refractivity contribution < 1.29 is 5.11 Å². The molecule has 0 amide bonds. The molecule has 1 aromatic carbocycles. The molecule has 0 radical (unpaired) electrons. The maximum atomic E-state index is 10.1. The third-order valence-electron chi connectivity index (χ3n) is 5.16. The Morgan fingerprint density at radius 1 is 1.04 bits per heavy atom. The summed E-state index contributed by atoms with van der Waals surface area (Å²) in [7, 11) is 0. The van der Waals surface area contributed by atoms with Crippen LogP contribution in [-0.4, -0.2) is 14.7 Å². The summed E-state index contributed by atoms with van der Waals surface area (Å²) in [6.45, 7) is 11.7. The predicted molar refractivity (Wildman–Crippen MR) is 113 cm³/mol. The van der Waals surface area contributed by atoms with Gasteiger partial charge in [-0.3, -0.25) is 4.98 Å². The van der Waals surface area contributed by atoms with Gasteiger partial charge in [0.05, 0.1) is 11.6 Å². The minimum absolute atomic E-state index is 0.0726. The molecule has 2 heterocycles. The van der Waals surface area contributed by atoms with Gasteiger partial charge in [0, 0.05) is 35.1 Å². The third kappa shape index (κ3) is 4.12. The molecule has 0 aliphatic heterocycles. The summed E-state index contributed by atoms with van der Waals surface area (Å²) in [6, 6.07) is 10.7. The van der Waals surface area contributed by atoms with Crippen LogP contribution in [0.3, 0.4) is 0 Å². The van der Waals surface area contributed by atoms with Crippen LogP contribution in [0.4, 0.5) is 0 Å². The van der Waals surface area contributed by atoms with Gasteiger partial charge < -0.3 is 9.67 Å². The lowest BCUT2D eigenvalue weighted by Gasteiger charge is -2.15. The number of aliphatic hydroxyl groups excluding tert-OH is 1. The maximum Gasteiger partial charge on any atom is 0.0840 e. The highest BCUT2D eigenvalue weighted by molar-refractivity contribution is 7.99. The van der Waals surface area contributed by atoms with Crippen LogP contribution in [0, 0.1) is 20.8 Å². The fourth-order valence-corrected chi connectivity index (χ4v) is 4.82. The van der Waals surface area contributed by atoms with Crippen molar-refractivity contribution in [2.45, 2.75) is 63.6 Å². The topological polar surface area (TPSA) is 38.0 Å². The monoisotopic (exact) mass is 380 g/mol. The number of pyridine rings is 1. The molecule has 0 saturated carbocycles. The Bertz CT molecular complexity index is 929. The van der Waals surface area contributed by atoms with Crippen molar-refractivity contribution in [1.82, 2.24) is 9.55 Å². The molecule has 1 N–H and O–H groups in total. The normalized spacial score (nSPS) is 11.4. The molecule has 142 valence electrons. The van der Waals surface area contributed by atoms with Gasteiger partial charge in [-0.25, -0.2) is 0 Å². The van der Waals surface area contributed by atoms with Crippen LogP contribution in [0.1, 0.15) is 53.3 Å². The van der Waals surface area contributed by atoms with Crippen molar-refractivity contribution in [3.63, 3.8) is 0 Å². The van der Waals surface area contributed by atoms with Gasteiger partial charge in [-0.2, -0.15) is 0 Å². The summed E-state index contributed by atoms with van der Waals surface area (Å²) >= 11 is 1.80. The molecule has 0 saturated heterocycles. The molecule has 3 aromatic rings. The van der Waals surface area contributed by atoms with Crippen molar-refractivity contribution in [2.75, 3.05) is 0 Å². The van der Waals surface area contributed by atoms with Crippen LogP contribution >= 0.6 is 11.8 Å². The lowest BCUT2D eigenvalue weighted by Crippen LogP contribution is -2.04. The summed E-state index contributed by atoms with van der Waals surface area (Å²) in [5, 5.41) is 11.3. The molecular formula is C23H28N2OS. The quantitative estimate of drug-likeness (QED) is 0.603. The zero-order valence-corrected chi connectivity index (χ0v) is 17.6. The first kappa shape index (κ1) is 19.7. The summed E-state index contributed by atoms with van der Waals surface area (Å²) in [6.07, 6.45) is 3.67. The highest BCUT2D eigenvalue weighted by Gasteiger charge is 2.23. The number of hydrogen-bond acceptors (Lipinski definition) is 3. The molecule has 0 unspecified atom stereocenters. The summed E-state index contributed by atoms with van der Waals surface area (Å²) in [4.78, 5) is 5.36. The van der Waals surface area contributed by atoms with Crippen molar-refractivity contribution in [3.8, 4) is 0 Å². The zero-order chi connectivity index (χ0) is 19.6. The average molecular weight is 381 g/mol.